The summed E-state index contributed by atoms with van der Waals surface area (Å²) in [4.78, 5) is 19.2. The molecule has 0 aromatic carbocycles. The highest BCUT2D eigenvalue weighted by Crippen LogP contribution is 2.33. The van der Waals surface area contributed by atoms with Crippen molar-refractivity contribution in [1.29, 1.82) is 0 Å². The highest BCUT2D eigenvalue weighted by atomic mass is 16.5. The molecule has 25 heavy (non-hydrogen) atoms. The summed E-state index contributed by atoms with van der Waals surface area (Å²) in [5.74, 6) is 2.79. The number of hydrogen-bond acceptors (Lipinski definition) is 5. The number of carbonyl (C=O) groups is 1. The van der Waals surface area contributed by atoms with E-state index in [9.17, 15) is 4.79 Å². The van der Waals surface area contributed by atoms with Crippen molar-refractivity contribution in [3.05, 3.63) is 24.0 Å². The van der Waals surface area contributed by atoms with E-state index in [0.29, 0.717) is 30.7 Å². The minimum absolute atomic E-state index is 0.0850. The van der Waals surface area contributed by atoms with Gasteiger partial charge in [0.05, 0.1) is 12.2 Å². The lowest BCUT2D eigenvalue weighted by molar-refractivity contribution is -0.119. The van der Waals surface area contributed by atoms with Crippen LogP contribution in [-0.2, 0) is 11.2 Å². The van der Waals surface area contributed by atoms with Crippen LogP contribution >= 0.6 is 0 Å². The first-order valence-corrected chi connectivity index (χ1v) is 9.31. The first-order valence-electron chi connectivity index (χ1n) is 9.31. The second-order valence-electron chi connectivity index (χ2n) is 7.36. The third-order valence-electron chi connectivity index (χ3n) is 5.46. The molecule has 0 N–H and O–H groups in total. The molecular weight excluding hydrogens is 318 g/mol. The lowest BCUT2D eigenvalue weighted by Gasteiger charge is -2.37. The van der Waals surface area contributed by atoms with Gasteiger partial charge < -0.3 is 4.52 Å². The van der Waals surface area contributed by atoms with E-state index in [4.69, 9.17) is 4.52 Å². The molecule has 1 saturated carbocycles. The van der Waals surface area contributed by atoms with E-state index < -0.39 is 0 Å². The number of aryl methyl sites for hydroxylation is 1. The fourth-order valence-electron chi connectivity index (χ4n) is 4.19. The first kappa shape index (κ1) is 16.3. The van der Waals surface area contributed by atoms with Crippen molar-refractivity contribution in [2.24, 2.45) is 0 Å². The van der Waals surface area contributed by atoms with Crippen LogP contribution in [0.5, 0.6) is 0 Å². The second-order valence-corrected chi connectivity index (χ2v) is 7.36. The van der Waals surface area contributed by atoms with E-state index in [1.807, 2.05) is 15.6 Å². The number of amides is 1. The van der Waals surface area contributed by atoms with Gasteiger partial charge in [0.25, 0.3) is 0 Å². The Labute approximate surface area is 147 Å². The Morgan fingerprint density at radius 3 is 2.88 bits per heavy atom. The molecule has 2 aliphatic rings. The number of anilines is 1. The van der Waals surface area contributed by atoms with Crippen LogP contribution in [0.25, 0.3) is 0 Å². The maximum atomic E-state index is 12.8. The molecule has 0 unspecified atom stereocenters. The van der Waals surface area contributed by atoms with Crippen LogP contribution in [0.15, 0.2) is 16.8 Å². The number of rotatable bonds is 4. The second kappa shape index (κ2) is 6.61. The molecule has 0 bridgehead atoms. The normalized spacial score (nSPS) is 23.8. The Bertz CT molecular complexity index is 746. The molecule has 2 aromatic rings. The monoisotopic (exact) mass is 343 g/mol. The maximum Gasteiger partial charge on any atom is 0.228 e. The minimum Gasteiger partial charge on any atom is -0.339 e. The van der Waals surface area contributed by atoms with Gasteiger partial charge in [-0.15, -0.1) is 0 Å². The fourth-order valence-corrected chi connectivity index (χ4v) is 4.19. The largest absolute Gasteiger partial charge is 0.339 e. The molecule has 7 heteroatoms. The highest BCUT2D eigenvalue weighted by Gasteiger charge is 2.32. The third-order valence-corrected chi connectivity index (χ3v) is 5.46. The van der Waals surface area contributed by atoms with Crippen LogP contribution in [0.1, 0.15) is 76.0 Å². The SMILES string of the molecule is C[C@@H]1C[C@H](C)n2nccc2N1C(=O)CCc1nc(C2CCCC2)no1. The first-order chi connectivity index (χ1) is 12.1. The average molecular weight is 343 g/mol. The third kappa shape index (κ3) is 3.07. The molecule has 2 aromatic heterocycles. The van der Waals surface area contributed by atoms with Gasteiger partial charge in [-0.05, 0) is 33.1 Å². The fraction of sp³-hybridized carbons (Fsp3) is 0.667. The van der Waals surface area contributed by atoms with Gasteiger partial charge >= 0.3 is 0 Å². The Morgan fingerprint density at radius 1 is 1.28 bits per heavy atom. The molecule has 0 saturated heterocycles. The lowest BCUT2D eigenvalue weighted by atomic mass is 10.0. The Morgan fingerprint density at radius 2 is 2.08 bits per heavy atom. The van der Waals surface area contributed by atoms with Crippen LogP contribution in [-0.4, -0.2) is 31.9 Å². The molecular formula is C18H25N5O2. The predicted octanol–water partition coefficient (Wildman–Crippen LogP) is 3.24. The number of fused-ring (bicyclic) bond motifs is 1. The van der Waals surface area contributed by atoms with Crippen molar-refractivity contribution in [2.75, 3.05) is 4.90 Å². The van der Waals surface area contributed by atoms with E-state index in [1.165, 1.54) is 12.8 Å². The topological polar surface area (TPSA) is 77.1 Å². The van der Waals surface area contributed by atoms with Gasteiger partial charge in [0.15, 0.2) is 5.82 Å². The Kier molecular flexibility index (Phi) is 4.31. The van der Waals surface area contributed by atoms with E-state index in [-0.39, 0.29) is 11.9 Å². The van der Waals surface area contributed by atoms with Gasteiger partial charge in [-0.2, -0.15) is 10.1 Å². The molecule has 1 aliphatic heterocycles. The number of carbonyl (C=O) groups excluding carboxylic acids is 1. The van der Waals surface area contributed by atoms with Gasteiger partial charge in [-0.1, -0.05) is 18.0 Å². The summed E-state index contributed by atoms with van der Waals surface area (Å²) < 4.78 is 7.30. The van der Waals surface area contributed by atoms with Crippen molar-refractivity contribution in [2.45, 2.75) is 76.8 Å². The summed E-state index contributed by atoms with van der Waals surface area (Å²) in [5, 5.41) is 8.47. The molecule has 4 rings (SSSR count). The van der Waals surface area contributed by atoms with Crippen LogP contribution in [0.4, 0.5) is 5.82 Å². The molecule has 134 valence electrons. The average Bonchev–Trinajstić information content (AvgIpc) is 3.32. The predicted molar refractivity (Wildman–Crippen MR) is 92.3 cm³/mol. The zero-order valence-electron chi connectivity index (χ0n) is 14.9. The Hall–Kier alpha value is -2.18. The molecule has 0 radical (unpaired) electrons. The molecule has 1 amide bonds. The summed E-state index contributed by atoms with van der Waals surface area (Å²) in [7, 11) is 0. The van der Waals surface area contributed by atoms with E-state index in [2.05, 4.69) is 29.1 Å². The minimum atomic E-state index is 0.0850. The van der Waals surface area contributed by atoms with Gasteiger partial charge in [-0.25, -0.2) is 4.68 Å². The van der Waals surface area contributed by atoms with Crippen molar-refractivity contribution in [1.82, 2.24) is 19.9 Å². The van der Waals surface area contributed by atoms with Crippen LogP contribution < -0.4 is 4.90 Å². The summed E-state index contributed by atoms with van der Waals surface area (Å²) in [5.41, 5.74) is 0. The van der Waals surface area contributed by atoms with Crippen LogP contribution in [0, 0.1) is 0 Å². The number of hydrogen-bond donors (Lipinski definition) is 0. The highest BCUT2D eigenvalue weighted by molar-refractivity contribution is 5.93. The zero-order valence-corrected chi connectivity index (χ0v) is 14.9. The zero-order chi connectivity index (χ0) is 17.4. The van der Waals surface area contributed by atoms with Crippen LogP contribution in [0.3, 0.4) is 0 Å². The molecule has 7 nitrogen and oxygen atoms in total. The quantitative estimate of drug-likeness (QED) is 0.851. The molecule has 1 aliphatic carbocycles. The van der Waals surface area contributed by atoms with E-state index >= 15 is 0 Å². The van der Waals surface area contributed by atoms with Gasteiger partial charge in [0.1, 0.15) is 5.82 Å². The maximum absolute atomic E-state index is 12.8. The number of aromatic nitrogens is 4. The van der Waals surface area contributed by atoms with Gasteiger partial charge in [0.2, 0.25) is 11.8 Å². The standard InChI is InChI=1S/C18H25N5O2/c1-12-11-13(2)23-16(9-10-19-23)22(12)17(24)8-7-15-20-18(21-25-15)14-5-3-4-6-14/h9-10,12-14H,3-8,11H2,1-2H3/t12-,13+/m1/s1. The molecule has 0 spiro atoms. The summed E-state index contributed by atoms with van der Waals surface area (Å²) >= 11 is 0. The number of nitrogens with zero attached hydrogens (tertiary/aromatic N) is 5. The Balaban J connectivity index is 1.42. The molecule has 3 heterocycles. The van der Waals surface area contributed by atoms with Crippen molar-refractivity contribution in [3.8, 4) is 0 Å². The van der Waals surface area contributed by atoms with E-state index in [0.717, 1.165) is 30.9 Å². The molecule has 1 fully saturated rings. The summed E-state index contributed by atoms with van der Waals surface area (Å²) in [6.07, 6.45) is 8.30. The van der Waals surface area contributed by atoms with Crippen molar-refractivity contribution in [3.63, 3.8) is 0 Å². The van der Waals surface area contributed by atoms with Gasteiger partial charge in [-0.3, -0.25) is 9.69 Å². The summed E-state index contributed by atoms with van der Waals surface area (Å²) in [6.45, 7) is 4.23. The van der Waals surface area contributed by atoms with E-state index in [1.54, 1.807) is 6.20 Å². The smallest absolute Gasteiger partial charge is 0.228 e. The van der Waals surface area contributed by atoms with Crippen LogP contribution in [0.2, 0.25) is 0 Å². The lowest BCUT2D eigenvalue weighted by Crippen LogP contribution is -2.45. The van der Waals surface area contributed by atoms with Gasteiger partial charge in [0, 0.05) is 30.9 Å². The van der Waals surface area contributed by atoms with Crippen molar-refractivity contribution < 1.29 is 9.32 Å². The molecule has 2 atom stereocenters. The summed E-state index contributed by atoms with van der Waals surface area (Å²) in [6, 6.07) is 2.40. The van der Waals surface area contributed by atoms with Crippen molar-refractivity contribution >= 4 is 11.7 Å².